The summed E-state index contributed by atoms with van der Waals surface area (Å²) in [6, 6.07) is 8.54. The van der Waals surface area contributed by atoms with Crippen LogP contribution in [0.15, 0.2) is 24.3 Å². The number of hydroxylamine groups is 1. The Balaban J connectivity index is 1.54. The van der Waals surface area contributed by atoms with Gasteiger partial charge >= 0.3 is 0 Å². The van der Waals surface area contributed by atoms with Crippen LogP contribution in [0.2, 0.25) is 0 Å². The lowest BCUT2D eigenvalue weighted by atomic mass is 9.98. The van der Waals surface area contributed by atoms with Gasteiger partial charge in [0.2, 0.25) is 0 Å². The molecular weight excluding hydrogens is 226 g/mol. The van der Waals surface area contributed by atoms with E-state index in [1.54, 1.807) is 0 Å². The van der Waals surface area contributed by atoms with Crippen molar-refractivity contribution in [3.8, 4) is 0 Å². The SMILES string of the molecule is c1ccc2c(c1)CCOC2CNOC1CCCC1. The number of fused-ring (bicyclic) bond motifs is 1. The monoisotopic (exact) mass is 247 g/mol. The minimum absolute atomic E-state index is 0.136. The Morgan fingerprint density at radius 2 is 2.06 bits per heavy atom. The molecule has 0 radical (unpaired) electrons. The van der Waals surface area contributed by atoms with E-state index in [0.717, 1.165) is 19.6 Å². The largest absolute Gasteiger partial charge is 0.372 e. The molecule has 1 aromatic rings. The van der Waals surface area contributed by atoms with Crippen molar-refractivity contribution in [1.82, 2.24) is 5.48 Å². The summed E-state index contributed by atoms with van der Waals surface area (Å²) in [5, 5.41) is 0. The molecule has 1 aromatic carbocycles. The first-order valence-corrected chi connectivity index (χ1v) is 7.01. The summed E-state index contributed by atoms with van der Waals surface area (Å²) in [7, 11) is 0. The van der Waals surface area contributed by atoms with Crippen LogP contribution in [0.3, 0.4) is 0 Å². The molecule has 0 amide bonds. The van der Waals surface area contributed by atoms with E-state index in [2.05, 4.69) is 29.7 Å². The highest BCUT2D eigenvalue weighted by Gasteiger charge is 2.21. The van der Waals surface area contributed by atoms with Crippen molar-refractivity contribution in [2.75, 3.05) is 13.2 Å². The Hall–Kier alpha value is -0.900. The zero-order valence-corrected chi connectivity index (χ0v) is 10.7. The number of nitrogens with one attached hydrogen (secondary N) is 1. The topological polar surface area (TPSA) is 30.5 Å². The number of ether oxygens (including phenoxy) is 1. The molecule has 0 saturated heterocycles. The van der Waals surface area contributed by atoms with Crippen molar-refractivity contribution in [2.24, 2.45) is 0 Å². The number of rotatable bonds is 4. The summed E-state index contributed by atoms with van der Waals surface area (Å²) in [5.41, 5.74) is 5.84. The quantitative estimate of drug-likeness (QED) is 0.830. The van der Waals surface area contributed by atoms with Crippen molar-refractivity contribution in [3.63, 3.8) is 0 Å². The minimum atomic E-state index is 0.136. The van der Waals surface area contributed by atoms with Gasteiger partial charge in [0.15, 0.2) is 0 Å². The first kappa shape index (κ1) is 12.2. The van der Waals surface area contributed by atoms with Crippen LogP contribution in [0.5, 0.6) is 0 Å². The van der Waals surface area contributed by atoms with Gasteiger partial charge in [0.25, 0.3) is 0 Å². The van der Waals surface area contributed by atoms with E-state index >= 15 is 0 Å². The number of hydrogen-bond donors (Lipinski definition) is 1. The van der Waals surface area contributed by atoms with Crippen molar-refractivity contribution in [3.05, 3.63) is 35.4 Å². The average molecular weight is 247 g/mol. The van der Waals surface area contributed by atoms with E-state index < -0.39 is 0 Å². The van der Waals surface area contributed by atoms with Crippen LogP contribution < -0.4 is 5.48 Å². The normalized spacial score (nSPS) is 24.1. The number of hydrogen-bond acceptors (Lipinski definition) is 3. The first-order valence-electron chi connectivity index (χ1n) is 7.01. The molecule has 1 atom stereocenters. The number of benzene rings is 1. The second kappa shape index (κ2) is 5.83. The smallest absolute Gasteiger partial charge is 0.0975 e. The molecule has 0 bridgehead atoms. The van der Waals surface area contributed by atoms with Gasteiger partial charge < -0.3 is 4.74 Å². The molecule has 0 spiro atoms. The lowest BCUT2D eigenvalue weighted by Crippen LogP contribution is -2.30. The molecule has 0 aromatic heterocycles. The zero-order chi connectivity index (χ0) is 12.2. The van der Waals surface area contributed by atoms with Crippen molar-refractivity contribution in [1.29, 1.82) is 0 Å². The molecule has 1 N–H and O–H groups in total. The summed E-state index contributed by atoms with van der Waals surface area (Å²) in [6.07, 6.45) is 6.55. The fourth-order valence-electron chi connectivity index (χ4n) is 2.89. The predicted octanol–water partition coefficient (Wildman–Crippen LogP) is 2.76. The molecule has 1 aliphatic heterocycles. The third-order valence-corrected chi connectivity index (χ3v) is 3.91. The Kier molecular flexibility index (Phi) is 3.93. The van der Waals surface area contributed by atoms with Gasteiger partial charge in [-0.2, -0.15) is 5.48 Å². The van der Waals surface area contributed by atoms with E-state index in [9.17, 15) is 0 Å². The summed E-state index contributed by atoms with van der Waals surface area (Å²) in [5.74, 6) is 0. The molecule has 1 fully saturated rings. The van der Waals surface area contributed by atoms with Gasteiger partial charge in [0.05, 0.1) is 25.4 Å². The van der Waals surface area contributed by atoms with Crippen molar-refractivity contribution < 1.29 is 9.57 Å². The molecule has 1 unspecified atom stereocenters. The van der Waals surface area contributed by atoms with Gasteiger partial charge in [0, 0.05) is 0 Å². The second-order valence-corrected chi connectivity index (χ2v) is 5.18. The van der Waals surface area contributed by atoms with Crippen molar-refractivity contribution in [2.45, 2.75) is 44.3 Å². The third kappa shape index (κ3) is 2.74. The van der Waals surface area contributed by atoms with Crippen LogP contribution in [0.4, 0.5) is 0 Å². The molecule has 98 valence electrons. The molecule has 2 aliphatic rings. The van der Waals surface area contributed by atoms with Crippen LogP contribution in [-0.4, -0.2) is 19.3 Å². The van der Waals surface area contributed by atoms with Crippen LogP contribution in [0, 0.1) is 0 Å². The van der Waals surface area contributed by atoms with Crippen LogP contribution in [-0.2, 0) is 16.0 Å². The molecule has 3 heteroatoms. The Morgan fingerprint density at radius 1 is 1.22 bits per heavy atom. The maximum absolute atomic E-state index is 5.83. The maximum Gasteiger partial charge on any atom is 0.0975 e. The molecule has 3 nitrogen and oxygen atoms in total. The average Bonchev–Trinajstić information content (AvgIpc) is 2.92. The lowest BCUT2D eigenvalue weighted by Gasteiger charge is -2.26. The summed E-state index contributed by atoms with van der Waals surface area (Å²) >= 11 is 0. The summed E-state index contributed by atoms with van der Waals surface area (Å²) in [6.45, 7) is 1.56. The minimum Gasteiger partial charge on any atom is -0.372 e. The summed E-state index contributed by atoms with van der Waals surface area (Å²) in [4.78, 5) is 5.69. The van der Waals surface area contributed by atoms with Crippen LogP contribution in [0.25, 0.3) is 0 Å². The van der Waals surface area contributed by atoms with E-state index in [-0.39, 0.29) is 6.10 Å². The van der Waals surface area contributed by atoms with Gasteiger partial charge in [-0.15, -0.1) is 0 Å². The molecule has 18 heavy (non-hydrogen) atoms. The molecule has 1 aliphatic carbocycles. The Bertz CT molecular complexity index is 388. The second-order valence-electron chi connectivity index (χ2n) is 5.18. The van der Waals surface area contributed by atoms with Crippen molar-refractivity contribution >= 4 is 0 Å². The molecular formula is C15H21NO2. The molecule has 1 saturated carbocycles. The van der Waals surface area contributed by atoms with E-state index in [0.29, 0.717) is 6.10 Å². The van der Waals surface area contributed by atoms with Crippen LogP contribution in [0.1, 0.15) is 42.9 Å². The summed E-state index contributed by atoms with van der Waals surface area (Å²) < 4.78 is 5.83. The highest BCUT2D eigenvalue weighted by atomic mass is 16.7. The Morgan fingerprint density at radius 3 is 2.94 bits per heavy atom. The van der Waals surface area contributed by atoms with Crippen LogP contribution >= 0.6 is 0 Å². The van der Waals surface area contributed by atoms with E-state index in [1.165, 1.54) is 36.8 Å². The van der Waals surface area contributed by atoms with Gasteiger partial charge in [0.1, 0.15) is 0 Å². The van der Waals surface area contributed by atoms with E-state index in [1.807, 2.05) is 0 Å². The van der Waals surface area contributed by atoms with E-state index in [4.69, 9.17) is 9.57 Å². The molecule has 3 rings (SSSR count). The zero-order valence-electron chi connectivity index (χ0n) is 10.7. The third-order valence-electron chi connectivity index (χ3n) is 3.91. The highest BCUT2D eigenvalue weighted by molar-refractivity contribution is 5.31. The maximum atomic E-state index is 5.83. The molecule has 1 heterocycles. The fraction of sp³-hybridized carbons (Fsp3) is 0.600. The predicted molar refractivity (Wildman–Crippen MR) is 70.2 cm³/mol. The lowest BCUT2D eigenvalue weighted by molar-refractivity contribution is -0.0532. The first-order chi connectivity index (χ1) is 8.93. The van der Waals surface area contributed by atoms with Gasteiger partial charge in [-0.1, -0.05) is 37.1 Å². The van der Waals surface area contributed by atoms with Gasteiger partial charge in [-0.05, 0) is 30.4 Å². The fourth-order valence-corrected chi connectivity index (χ4v) is 2.89. The Labute approximate surface area is 108 Å². The van der Waals surface area contributed by atoms with Gasteiger partial charge in [-0.3, -0.25) is 4.84 Å². The highest BCUT2D eigenvalue weighted by Crippen LogP contribution is 2.26. The standard InChI is InChI=1S/C15H21NO2/c1-4-8-14-12(5-1)9-10-17-15(14)11-16-18-13-6-2-3-7-13/h1,4-5,8,13,15-16H,2-3,6-7,9-11H2. The van der Waals surface area contributed by atoms with Gasteiger partial charge in [-0.25, -0.2) is 0 Å².